The molecule has 0 saturated carbocycles. The van der Waals surface area contributed by atoms with Crippen molar-refractivity contribution in [2.24, 2.45) is 0 Å². The van der Waals surface area contributed by atoms with E-state index in [9.17, 15) is 0 Å². The van der Waals surface area contributed by atoms with Crippen LogP contribution >= 0.6 is 0 Å². The van der Waals surface area contributed by atoms with E-state index >= 15 is 0 Å². The molecule has 0 radical (unpaired) electrons. The van der Waals surface area contributed by atoms with Gasteiger partial charge in [0.25, 0.3) is 0 Å². The normalized spacial score (nSPS) is 11.4. The van der Waals surface area contributed by atoms with Crippen LogP contribution in [0.5, 0.6) is 0 Å². The second-order valence-corrected chi connectivity index (χ2v) is 5.45. The standard InChI is InChI=1S/C12H22N4/c1-12(2,3)9-8-10(15(4)5)14-11(13-9)16(6)7/h8H,1-7H3. The molecule has 0 aliphatic heterocycles. The summed E-state index contributed by atoms with van der Waals surface area (Å²) in [5.74, 6) is 1.71. The summed E-state index contributed by atoms with van der Waals surface area (Å²) in [5, 5.41) is 0. The Morgan fingerprint density at radius 3 is 1.88 bits per heavy atom. The summed E-state index contributed by atoms with van der Waals surface area (Å²) in [6, 6.07) is 2.05. The van der Waals surface area contributed by atoms with Gasteiger partial charge >= 0.3 is 0 Å². The summed E-state index contributed by atoms with van der Waals surface area (Å²) < 4.78 is 0. The average molecular weight is 222 g/mol. The van der Waals surface area contributed by atoms with E-state index in [2.05, 4.69) is 30.7 Å². The number of aromatic nitrogens is 2. The summed E-state index contributed by atoms with van der Waals surface area (Å²) >= 11 is 0. The summed E-state index contributed by atoms with van der Waals surface area (Å²) in [6.07, 6.45) is 0. The summed E-state index contributed by atoms with van der Waals surface area (Å²) in [7, 11) is 7.91. The summed E-state index contributed by atoms with van der Waals surface area (Å²) in [6.45, 7) is 6.48. The molecule has 1 aromatic heterocycles. The fourth-order valence-corrected chi connectivity index (χ4v) is 1.24. The highest BCUT2D eigenvalue weighted by molar-refractivity contribution is 5.45. The van der Waals surface area contributed by atoms with Gasteiger partial charge in [-0.2, -0.15) is 4.98 Å². The van der Waals surface area contributed by atoms with Crippen molar-refractivity contribution in [2.45, 2.75) is 26.2 Å². The van der Waals surface area contributed by atoms with Crippen molar-refractivity contribution in [1.29, 1.82) is 0 Å². The zero-order valence-corrected chi connectivity index (χ0v) is 11.4. The molecule has 0 amide bonds. The fraction of sp³-hybridized carbons (Fsp3) is 0.667. The highest BCUT2D eigenvalue weighted by Gasteiger charge is 2.19. The van der Waals surface area contributed by atoms with Crippen LogP contribution in [0.2, 0.25) is 0 Å². The molecule has 4 nitrogen and oxygen atoms in total. The van der Waals surface area contributed by atoms with Gasteiger partial charge in [-0.1, -0.05) is 20.8 Å². The fourth-order valence-electron chi connectivity index (χ4n) is 1.24. The first-order valence-corrected chi connectivity index (χ1v) is 5.46. The Labute approximate surface area is 98.3 Å². The van der Waals surface area contributed by atoms with Crippen LogP contribution in [0.15, 0.2) is 6.07 Å². The lowest BCUT2D eigenvalue weighted by Crippen LogP contribution is -2.22. The van der Waals surface area contributed by atoms with Crippen molar-refractivity contribution in [3.05, 3.63) is 11.8 Å². The van der Waals surface area contributed by atoms with Crippen molar-refractivity contribution in [3.8, 4) is 0 Å². The van der Waals surface area contributed by atoms with Gasteiger partial charge in [0.05, 0.1) is 5.69 Å². The van der Waals surface area contributed by atoms with E-state index in [4.69, 9.17) is 0 Å². The van der Waals surface area contributed by atoms with Crippen LogP contribution < -0.4 is 9.80 Å². The minimum absolute atomic E-state index is 0.0401. The Morgan fingerprint density at radius 2 is 1.50 bits per heavy atom. The van der Waals surface area contributed by atoms with Gasteiger partial charge in [-0.15, -0.1) is 0 Å². The molecule has 0 fully saturated rings. The predicted octanol–water partition coefficient (Wildman–Crippen LogP) is 1.91. The van der Waals surface area contributed by atoms with E-state index in [-0.39, 0.29) is 5.41 Å². The maximum atomic E-state index is 4.57. The molecule has 1 heterocycles. The van der Waals surface area contributed by atoms with Crippen molar-refractivity contribution in [2.75, 3.05) is 38.0 Å². The summed E-state index contributed by atoms with van der Waals surface area (Å²) in [4.78, 5) is 13.0. The quantitative estimate of drug-likeness (QED) is 0.765. The van der Waals surface area contributed by atoms with E-state index < -0.39 is 0 Å². The van der Waals surface area contributed by atoms with Crippen LogP contribution in [0.25, 0.3) is 0 Å². The molecule has 16 heavy (non-hydrogen) atoms. The van der Waals surface area contributed by atoms with Gasteiger partial charge in [0, 0.05) is 39.7 Å². The molecule has 0 bridgehead atoms. The highest BCUT2D eigenvalue weighted by Crippen LogP contribution is 2.24. The minimum Gasteiger partial charge on any atom is -0.363 e. The lowest BCUT2D eigenvalue weighted by molar-refractivity contribution is 0.566. The number of hydrogen-bond donors (Lipinski definition) is 0. The number of nitrogens with zero attached hydrogens (tertiary/aromatic N) is 4. The van der Waals surface area contributed by atoms with Crippen LogP contribution in [0.3, 0.4) is 0 Å². The van der Waals surface area contributed by atoms with E-state index in [1.807, 2.05) is 44.1 Å². The van der Waals surface area contributed by atoms with Crippen molar-refractivity contribution < 1.29 is 0 Å². The monoisotopic (exact) mass is 222 g/mol. The molecule has 0 aliphatic rings. The Morgan fingerprint density at radius 1 is 0.938 bits per heavy atom. The molecule has 4 heteroatoms. The van der Waals surface area contributed by atoms with Crippen LogP contribution in [0.4, 0.5) is 11.8 Å². The Bertz CT molecular complexity index is 338. The zero-order chi connectivity index (χ0) is 12.5. The molecule has 90 valence electrons. The first kappa shape index (κ1) is 12.7. The van der Waals surface area contributed by atoms with Gasteiger partial charge < -0.3 is 9.80 Å². The molecule has 0 saturated heterocycles. The molecule has 0 N–H and O–H groups in total. The molecular weight excluding hydrogens is 200 g/mol. The molecule has 0 spiro atoms. The lowest BCUT2D eigenvalue weighted by atomic mass is 9.92. The third-order valence-corrected chi connectivity index (χ3v) is 2.33. The molecule has 0 unspecified atom stereocenters. The summed E-state index contributed by atoms with van der Waals surface area (Å²) in [5.41, 5.74) is 1.10. The number of anilines is 2. The van der Waals surface area contributed by atoms with E-state index in [1.165, 1.54) is 0 Å². The molecule has 1 aromatic rings. The Kier molecular flexibility index (Phi) is 3.41. The molecule has 0 aromatic carbocycles. The smallest absolute Gasteiger partial charge is 0.227 e. The number of rotatable bonds is 2. The average Bonchev–Trinajstić information content (AvgIpc) is 2.15. The maximum Gasteiger partial charge on any atom is 0.227 e. The molecular formula is C12H22N4. The second kappa shape index (κ2) is 4.28. The van der Waals surface area contributed by atoms with Gasteiger partial charge in [0.15, 0.2) is 0 Å². The van der Waals surface area contributed by atoms with E-state index in [1.54, 1.807) is 0 Å². The van der Waals surface area contributed by atoms with Crippen LogP contribution in [-0.2, 0) is 5.41 Å². The topological polar surface area (TPSA) is 32.3 Å². The van der Waals surface area contributed by atoms with E-state index in [0.717, 1.165) is 17.5 Å². The third-order valence-electron chi connectivity index (χ3n) is 2.33. The SMILES string of the molecule is CN(C)c1cc(C(C)(C)C)nc(N(C)C)n1. The minimum atomic E-state index is 0.0401. The Hall–Kier alpha value is -1.32. The predicted molar refractivity (Wildman–Crippen MR) is 69.4 cm³/mol. The van der Waals surface area contributed by atoms with Gasteiger partial charge in [-0.25, -0.2) is 4.98 Å². The number of hydrogen-bond acceptors (Lipinski definition) is 4. The third kappa shape index (κ3) is 2.84. The lowest BCUT2D eigenvalue weighted by Gasteiger charge is -2.23. The molecule has 0 aliphatic carbocycles. The maximum absolute atomic E-state index is 4.57. The van der Waals surface area contributed by atoms with Crippen LogP contribution in [0.1, 0.15) is 26.5 Å². The molecule has 1 rings (SSSR count). The van der Waals surface area contributed by atoms with E-state index in [0.29, 0.717) is 0 Å². The second-order valence-electron chi connectivity index (χ2n) is 5.45. The molecule has 0 atom stereocenters. The highest BCUT2D eigenvalue weighted by atomic mass is 15.3. The van der Waals surface area contributed by atoms with Crippen molar-refractivity contribution in [3.63, 3.8) is 0 Å². The largest absolute Gasteiger partial charge is 0.363 e. The Balaban J connectivity index is 3.30. The van der Waals surface area contributed by atoms with Crippen molar-refractivity contribution in [1.82, 2.24) is 9.97 Å². The van der Waals surface area contributed by atoms with Gasteiger partial charge in [-0.05, 0) is 0 Å². The van der Waals surface area contributed by atoms with Gasteiger partial charge in [0.1, 0.15) is 5.82 Å². The van der Waals surface area contributed by atoms with Crippen molar-refractivity contribution >= 4 is 11.8 Å². The first-order chi connectivity index (χ1) is 7.21. The van der Waals surface area contributed by atoms with Gasteiger partial charge in [0.2, 0.25) is 5.95 Å². The first-order valence-electron chi connectivity index (χ1n) is 5.46. The van der Waals surface area contributed by atoms with Crippen LogP contribution in [0, 0.1) is 0 Å². The zero-order valence-electron chi connectivity index (χ0n) is 11.4. The van der Waals surface area contributed by atoms with Gasteiger partial charge in [-0.3, -0.25) is 0 Å². The van der Waals surface area contributed by atoms with Crippen LogP contribution in [-0.4, -0.2) is 38.2 Å².